The lowest BCUT2D eigenvalue weighted by Gasteiger charge is -2.19. The first-order valence-electron chi connectivity index (χ1n) is 3.11. The first-order chi connectivity index (χ1) is 4.63. The van der Waals surface area contributed by atoms with Gasteiger partial charge in [-0.25, -0.2) is 0 Å². The normalized spacial score (nSPS) is 26.7. The summed E-state index contributed by atoms with van der Waals surface area (Å²) in [5, 5.41) is 0. The van der Waals surface area contributed by atoms with Gasteiger partial charge in [-0.1, -0.05) is 15.9 Å². The Hall–Kier alpha value is -0.310. The second-order valence-electron chi connectivity index (χ2n) is 2.32. The molecular weight excluding hydrogens is 196 g/mol. The zero-order chi connectivity index (χ0) is 7.72. The number of alkyl halides is 1. The second-order valence-corrected chi connectivity index (χ2v) is 3.43. The maximum Gasteiger partial charge on any atom is 0.178 e. The lowest BCUT2D eigenvalue weighted by Crippen LogP contribution is -2.26. The topological polar surface area (TPSA) is 26.3 Å². The minimum Gasteiger partial charge on any atom is -0.496 e. The van der Waals surface area contributed by atoms with Crippen molar-refractivity contribution in [1.29, 1.82) is 0 Å². The Morgan fingerprint density at radius 1 is 1.60 bits per heavy atom. The zero-order valence-electron chi connectivity index (χ0n) is 5.98. The molecule has 2 nitrogen and oxygen atoms in total. The van der Waals surface area contributed by atoms with Crippen LogP contribution in [0.5, 0.6) is 0 Å². The van der Waals surface area contributed by atoms with Gasteiger partial charge >= 0.3 is 0 Å². The molecule has 0 aromatic carbocycles. The van der Waals surface area contributed by atoms with Gasteiger partial charge in [-0.2, -0.15) is 0 Å². The van der Waals surface area contributed by atoms with Crippen molar-refractivity contribution >= 4 is 21.7 Å². The molecule has 0 aromatic rings. The molecule has 1 unspecified atom stereocenters. The van der Waals surface area contributed by atoms with Crippen LogP contribution >= 0.6 is 15.9 Å². The molecule has 1 heterocycles. The number of rotatable bonds is 0. The predicted octanol–water partition coefficient (Wildman–Crippen LogP) is 1.64. The fourth-order valence-electron chi connectivity index (χ4n) is 0.791. The molecule has 1 rings (SSSR count). The lowest BCUT2D eigenvalue weighted by molar-refractivity contribution is -0.116. The van der Waals surface area contributed by atoms with Crippen molar-refractivity contribution in [3.63, 3.8) is 0 Å². The molecule has 0 saturated heterocycles. The van der Waals surface area contributed by atoms with Crippen LogP contribution in [0.1, 0.15) is 13.8 Å². The van der Waals surface area contributed by atoms with E-state index in [9.17, 15) is 4.79 Å². The van der Waals surface area contributed by atoms with Crippen molar-refractivity contribution in [2.24, 2.45) is 0 Å². The van der Waals surface area contributed by atoms with E-state index < -0.39 is 0 Å². The predicted molar refractivity (Wildman–Crippen MR) is 42.0 cm³/mol. The third kappa shape index (κ3) is 1.24. The van der Waals surface area contributed by atoms with Gasteiger partial charge in [-0.05, 0) is 13.8 Å². The summed E-state index contributed by atoms with van der Waals surface area (Å²) in [6.07, 6.45) is 0. The van der Waals surface area contributed by atoms with Gasteiger partial charge in [0.1, 0.15) is 11.4 Å². The van der Waals surface area contributed by atoms with E-state index >= 15 is 0 Å². The molecule has 1 aliphatic rings. The van der Waals surface area contributed by atoms with Crippen molar-refractivity contribution in [3.8, 4) is 0 Å². The van der Waals surface area contributed by atoms with E-state index in [1.165, 1.54) is 0 Å². The van der Waals surface area contributed by atoms with Gasteiger partial charge in [0.15, 0.2) is 5.78 Å². The Morgan fingerprint density at radius 3 is 2.70 bits per heavy atom. The first kappa shape index (κ1) is 7.79. The van der Waals surface area contributed by atoms with Crippen molar-refractivity contribution in [2.75, 3.05) is 6.61 Å². The smallest absolute Gasteiger partial charge is 0.178 e. The summed E-state index contributed by atoms with van der Waals surface area (Å²) in [5.74, 6) is 0.893. The van der Waals surface area contributed by atoms with Crippen LogP contribution in [0, 0.1) is 0 Å². The van der Waals surface area contributed by atoms with Crippen LogP contribution in [-0.2, 0) is 9.53 Å². The van der Waals surface area contributed by atoms with Gasteiger partial charge < -0.3 is 4.74 Å². The van der Waals surface area contributed by atoms with E-state index in [1.807, 2.05) is 6.92 Å². The minimum absolute atomic E-state index is 0.142. The average molecular weight is 205 g/mol. The summed E-state index contributed by atoms with van der Waals surface area (Å²) in [6, 6.07) is 0. The minimum atomic E-state index is -0.142. The molecule has 0 radical (unpaired) electrons. The van der Waals surface area contributed by atoms with Crippen LogP contribution < -0.4 is 0 Å². The Bertz CT molecular complexity index is 196. The molecular formula is C7H9BrO2. The molecule has 0 N–H and O–H groups in total. The number of halogens is 1. The van der Waals surface area contributed by atoms with E-state index in [-0.39, 0.29) is 10.6 Å². The summed E-state index contributed by atoms with van der Waals surface area (Å²) in [5.41, 5.74) is 0.730. The number of ether oxygens (including phenoxy) is 1. The van der Waals surface area contributed by atoms with Crippen LogP contribution in [0.2, 0.25) is 0 Å². The van der Waals surface area contributed by atoms with E-state index in [0.717, 1.165) is 11.3 Å². The Morgan fingerprint density at radius 2 is 2.20 bits per heavy atom. The highest BCUT2D eigenvalue weighted by atomic mass is 79.9. The first-order valence-corrected chi connectivity index (χ1v) is 4.03. The highest BCUT2D eigenvalue weighted by Crippen LogP contribution is 2.19. The van der Waals surface area contributed by atoms with E-state index in [1.54, 1.807) is 6.92 Å². The fraction of sp³-hybridized carbons (Fsp3) is 0.571. The molecule has 1 aliphatic heterocycles. The van der Waals surface area contributed by atoms with Crippen molar-refractivity contribution in [2.45, 2.75) is 18.7 Å². The molecule has 1 atom stereocenters. The van der Waals surface area contributed by atoms with Crippen LogP contribution in [-0.4, -0.2) is 17.2 Å². The van der Waals surface area contributed by atoms with Crippen LogP contribution in [0.25, 0.3) is 0 Å². The molecule has 0 fully saturated rings. The summed E-state index contributed by atoms with van der Waals surface area (Å²) < 4.78 is 5.18. The Kier molecular flexibility index (Phi) is 2.14. The van der Waals surface area contributed by atoms with Crippen molar-refractivity contribution in [1.82, 2.24) is 0 Å². The number of carbonyl (C=O) groups excluding carboxylic acids is 1. The van der Waals surface area contributed by atoms with E-state index in [4.69, 9.17) is 4.74 Å². The lowest BCUT2D eigenvalue weighted by atomic mass is 10.1. The molecule has 0 spiro atoms. The highest BCUT2D eigenvalue weighted by Gasteiger charge is 2.23. The Balaban J connectivity index is 2.88. The number of hydrogen-bond donors (Lipinski definition) is 0. The number of Topliss-reactive ketones (excluding diaryl/α,β-unsaturated/α-hetero) is 1. The van der Waals surface area contributed by atoms with Crippen LogP contribution in [0.3, 0.4) is 0 Å². The van der Waals surface area contributed by atoms with Gasteiger partial charge in [0.2, 0.25) is 0 Å². The molecule has 0 amide bonds. The summed E-state index contributed by atoms with van der Waals surface area (Å²) in [7, 11) is 0. The summed E-state index contributed by atoms with van der Waals surface area (Å²) >= 11 is 3.21. The third-order valence-corrected chi connectivity index (χ3v) is 2.31. The van der Waals surface area contributed by atoms with Gasteiger partial charge in [0, 0.05) is 5.57 Å². The molecule has 0 saturated carbocycles. The summed E-state index contributed by atoms with van der Waals surface area (Å²) in [6.45, 7) is 4.05. The number of ketones is 1. The van der Waals surface area contributed by atoms with Gasteiger partial charge in [0.25, 0.3) is 0 Å². The zero-order valence-corrected chi connectivity index (χ0v) is 7.56. The molecule has 56 valence electrons. The summed E-state index contributed by atoms with van der Waals surface area (Å²) in [4.78, 5) is 11.0. The van der Waals surface area contributed by atoms with Crippen molar-refractivity contribution in [3.05, 3.63) is 11.3 Å². The molecule has 0 aliphatic carbocycles. The second kappa shape index (κ2) is 2.74. The highest BCUT2D eigenvalue weighted by molar-refractivity contribution is 9.10. The maximum atomic E-state index is 11.2. The van der Waals surface area contributed by atoms with Crippen molar-refractivity contribution < 1.29 is 9.53 Å². The third-order valence-electron chi connectivity index (χ3n) is 1.63. The molecule has 10 heavy (non-hydrogen) atoms. The average Bonchev–Trinajstić information content (AvgIpc) is 1.93. The van der Waals surface area contributed by atoms with Crippen LogP contribution in [0.4, 0.5) is 0 Å². The Labute approximate surface area is 68.4 Å². The van der Waals surface area contributed by atoms with Gasteiger partial charge in [-0.15, -0.1) is 0 Å². The monoisotopic (exact) mass is 204 g/mol. The SMILES string of the molecule is CC1=C(C)C(=O)C(Br)CO1. The van der Waals surface area contributed by atoms with E-state index in [2.05, 4.69) is 15.9 Å². The fourth-order valence-corrected chi connectivity index (χ4v) is 1.27. The van der Waals surface area contributed by atoms with Crippen LogP contribution in [0.15, 0.2) is 11.3 Å². The maximum absolute atomic E-state index is 11.2. The van der Waals surface area contributed by atoms with E-state index in [0.29, 0.717) is 6.61 Å². The van der Waals surface area contributed by atoms with Gasteiger partial charge in [-0.3, -0.25) is 4.79 Å². The number of hydrogen-bond acceptors (Lipinski definition) is 2. The largest absolute Gasteiger partial charge is 0.496 e. The standard InChI is InChI=1S/C7H9BrO2/c1-4-5(2)10-3-6(8)7(4)9/h6H,3H2,1-2H3. The molecule has 0 aromatic heterocycles. The number of allylic oxidation sites excluding steroid dienone is 2. The quantitative estimate of drug-likeness (QED) is 0.562. The number of carbonyl (C=O) groups is 1. The van der Waals surface area contributed by atoms with Gasteiger partial charge in [0.05, 0.1) is 5.76 Å². The molecule has 0 bridgehead atoms. The molecule has 3 heteroatoms.